The van der Waals surface area contributed by atoms with Crippen molar-refractivity contribution >= 4 is 5.91 Å². The number of unbranched alkanes of at least 4 members (excludes halogenated alkanes) is 9. The average Bonchev–Trinajstić information content (AvgIpc) is 3.14. The molecule has 0 aromatic heterocycles. The molecule has 0 aromatic rings. The SMILES string of the molecule is CCCCCC/C=C/CC/C=C/CC/C=C/C(O)C(COC1OC(CO)C(OC2OC(CO)C(O)C(O)C2O)C(O)C1O)NC(=O)CCCCCC. The summed E-state index contributed by atoms with van der Waals surface area (Å²) in [5.74, 6) is -0.276. The minimum Gasteiger partial charge on any atom is -0.394 e. The molecule has 2 aliphatic heterocycles. The average molecular weight is 746 g/mol. The van der Waals surface area contributed by atoms with E-state index in [-0.39, 0.29) is 18.9 Å². The van der Waals surface area contributed by atoms with Gasteiger partial charge in [-0.2, -0.15) is 0 Å². The molecule has 2 fully saturated rings. The van der Waals surface area contributed by atoms with Crippen LogP contribution in [0.15, 0.2) is 36.5 Å². The van der Waals surface area contributed by atoms with Gasteiger partial charge in [0.2, 0.25) is 5.91 Å². The summed E-state index contributed by atoms with van der Waals surface area (Å²) in [4.78, 5) is 12.8. The van der Waals surface area contributed by atoms with Crippen LogP contribution in [0.3, 0.4) is 0 Å². The molecule has 0 spiro atoms. The first-order chi connectivity index (χ1) is 25.1. The van der Waals surface area contributed by atoms with Crippen LogP contribution >= 0.6 is 0 Å². The minimum atomic E-state index is -1.79. The summed E-state index contributed by atoms with van der Waals surface area (Å²) in [5.41, 5.74) is 0. The highest BCUT2D eigenvalue weighted by molar-refractivity contribution is 5.76. The molecule has 1 amide bonds. The molecule has 52 heavy (non-hydrogen) atoms. The molecule has 9 N–H and O–H groups in total. The van der Waals surface area contributed by atoms with Crippen LogP contribution in [-0.4, -0.2) is 140 Å². The quantitative estimate of drug-likeness (QED) is 0.0454. The van der Waals surface area contributed by atoms with E-state index >= 15 is 0 Å². The molecule has 0 aromatic carbocycles. The number of carbonyl (C=O) groups is 1. The number of amides is 1. The van der Waals surface area contributed by atoms with Crippen molar-refractivity contribution in [2.75, 3.05) is 19.8 Å². The maximum atomic E-state index is 12.8. The molecule has 2 saturated heterocycles. The van der Waals surface area contributed by atoms with Gasteiger partial charge in [0.05, 0.1) is 32.0 Å². The summed E-state index contributed by atoms with van der Waals surface area (Å²) >= 11 is 0. The monoisotopic (exact) mass is 745 g/mol. The summed E-state index contributed by atoms with van der Waals surface area (Å²) < 4.78 is 22.4. The second-order valence-electron chi connectivity index (χ2n) is 13.7. The largest absolute Gasteiger partial charge is 0.394 e. The van der Waals surface area contributed by atoms with Crippen molar-refractivity contribution < 1.29 is 64.6 Å². The number of nitrogens with one attached hydrogen (secondary N) is 1. The molecule has 14 nitrogen and oxygen atoms in total. The Morgan fingerprint density at radius 1 is 0.673 bits per heavy atom. The fraction of sp³-hybridized carbons (Fsp3) is 0.816. The van der Waals surface area contributed by atoms with Crippen LogP contribution in [0.4, 0.5) is 0 Å². The lowest BCUT2D eigenvalue weighted by atomic mass is 9.97. The number of hydrogen-bond donors (Lipinski definition) is 9. The van der Waals surface area contributed by atoms with Crippen LogP contribution in [0.25, 0.3) is 0 Å². The van der Waals surface area contributed by atoms with Crippen molar-refractivity contribution in [2.24, 2.45) is 0 Å². The molecule has 2 heterocycles. The molecule has 2 aliphatic rings. The molecular weight excluding hydrogens is 678 g/mol. The van der Waals surface area contributed by atoms with Gasteiger partial charge in [-0.25, -0.2) is 0 Å². The number of carbonyl (C=O) groups excluding carboxylic acids is 1. The van der Waals surface area contributed by atoms with Crippen molar-refractivity contribution in [3.8, 4) is 0 Å². The van der Waals surface area contributed by atoms with E-state index in [0.717, 1.165) is 44.9 Å². The predicted molar refractivity (Wildman–Crippen MR) is 194 cm³/mol. The lowest BCUT2D eigenvalue weighted by Crippen LogP contribution is -2.65. The van der Waals surface area contributed by atoms with Gasteiger partial charge in [-0.15, -0.1) is 0 Å². The number of ether oxygens (including phenoxy) is 4. The number of aliphatic hydroxyl groups is 8. The van der Waals surface area contributed by atoms with E-state index in [4.69, 9.17) is 18.9 Å². The Labute approximate surface area is 309 Å². The molecule has 0 aliphatic carbocycles. The molecule has 302 valence electrons. The van der Waals surface area contributed by atoms with Crippen molar-refractivity contribution in [3.05, 3.63) is 36.5 Å². The third-order valence-electron chi connectivity index (χ3n) is 9.31. The minimum absolute atomic E-state index is 0.261. The number of allylic oxidation sites excluding steroid dienone is 5. The van der Waals surface area contributed by atoms with Gasteiger partial charge in [-0.05, 0) is 44.9 Å². The Morgan fingerprint density at radius 3 is 1.85 bits per heavy atom. The standard InChI is InChI=1S/C38H67NO13/c1-3-5-7-9-10-11-12-13-14-15-16-17-18-19-21-27(42)26(39-30(43)22-20-8-6-4-2)25-49-37-35(48)33(46)36(29(24-41)51-37)52-38-34(47)32(45)31(44)28(23-40)50-38/h11-12,15-16,19,21,26-29,31-38,40-42,44-48H,3-10,13-14,17-18,20,22-25H2,1-2H3,(H,39,43)/b12-11+,16-15+,21-19+. The highest BCUT2D eigenvalue weighted by Gasteiger charge is 2.50. The van der Waals surface area contributed by atoms with Crippen molar-refractivity contribution in [1.29, 1.82) is 0 Å². The molecule has 0 saturated carbocycles. The smallest absolute Gasteiger partial charge is 0.220 e. The normalized spacial score (nSPS) is 31.1. The Hall–Kier alpha value is -1.79. The molecule has 0 bridgehead atoms. The first-order valence-electron chi connectivity index (χ1n) is 19.2. The number of aliphatic hydroxyl groups excluding tert-OH is 8. The Balaban J connectivity index is 1.95. The summed E-state index contributed by atoms with van der Waals surface area (Å²) in [6, 6.07) is -0.928. The van der Waals surface area contributed by atoms with Crippen LogP contribution in [0, 0.1) is 0 Å². The van der Waals surface area contributed by atoms with Gasteiger partial charge in [-0.3, -0.25) is 4.79 Å². The third kappa shape index (κ3) is 16.3. The summed E-state index contributed by atoms with van der Waals surface area (Å²) in [5, 5.41) is 85.6. The molecular formula is C38H67NO13. The second kappa shape index (κ2) is 26.9. The third-order valence-corrected chi connectivity index (χ3v) is 9.31. The number of rotatable bonds is 26. The Bertz CT molecular complexity index is 1020. The summed E-state index contributed by atoms with van der Waals surface area (Å²) in [7, 11) is 0. The van der Waals surface area contributed by atoms with Crippen LogP contribution in [-0.2, 0) is 23.7 Å². The summed E-state index contributed by atoms with van der Waals surface area (Å²) in [6.07, 6.45) is 8.53. The zero-order valence-electron chi connectivity index (χ0n) is 31.0. The van der Waals surface area contributed by atoms with Crippen LogP contribution in [0.2, 0.25) is 0 Å². The van der Waals surface area contributed by atoms with Crippen molar-refractivity contribution in [3.63, 3.8) is 0 Å². The van der Waals surface area contributed by atoms with E-state index in [0.29, 0.717) is 12.8 Å². The lowest BCUT2D eigenvalue weighted by molar-refractivity contribution is -0.359. The van der Waals surface area contributed by atoms with Gasteiger partial charge in [0.25, 0.3) is 0 Å². The lowest BCUT2D eigenvalue weighted by Gasteiger charge is -2.46. The summed E-state index contributed by atoms with van der Waals surface area (Å²) in [6.45, 7) is 2.54. The maximum absolute atomic E-state index is 12.8. The van der Waals surface area contributed by atoms with Gasteiger partial charge < -0.3 is 65.1 Å². The van der Waals surface area contributed by atoms with Gasteiger partial charge in [0.15, 0.2) is 12.6 Å². The Kier molecular flexibility index (Phi) is 24.0. The zero-order valence-corrected chi connectivity index (χ0v) is 31.0. The van der Waals surface area contributed by atoms with E-state index in [9.17, 15) is 45.6 Å². The first kappa shape index (κ1) is 46.4. The Morgan fingerprint density at radius 2 is 1.23 bits per heavy atom. The van der Waals surface area contributed by atoms with Gasteiger partial charge in [-0.1, -0.05) is 88.8 Å². The molecule has 0 radical (unpaired) electrons. The second-order valence-corrected chi connectivity index (χ2v) is 13.7. The van der Waals surface area contributed by atoms with E-state index in [1.165, 1.54) is 25.7 Å². The molecule has 12 atom stereocenters. The van der Waals surface area contributed by atoms with Gasteiger partial charge in [0, 0.05) is 6.42 Å². The van der Waals surface area contributed by atoms with Crippen molar-refractivity contribution in [1.82, 2.24) is 5.32 Å². The number of hydrogen-bond acceptors (Lipinski definition) is 13. The highest BCUT2D eigenvalue weighted by Crippen LogP contribution is 2.29. The fourth-order valence-corrected chi connectivity index (χ4v) is 6.02. The van der Waals surface area contributed by atoms with Crippen LogP contribution < -0.4 is 5.32 Å². The molecule has 2 rings (SSSR count). The van der Waals surface area contributed by atoms with E-state index in [2.05, 4.69) is 43.5 Å². The molecule has 12 unspecified atom stereocenters. The van der Waals surface area contributed by atoms with E-state index in [1.54, 1.807) is 6.08 Å². The highest BCUT2D eigenvalue weighted by atomic mass is 16.7. The molecule has 14 heteroatoms. The fourth-order valence-electron chi connectivity index (χ4n) is 6.02. The van der Waals surface area contributed by atoms with Crippen LogP contribution in [0.1, 0.15) is 104 Å². The van der Waals surface area contributed by atoms with Gasteiger partial charge >= 0.3 is 0 Å². The topological polar surface area (TPSA) is 228 Å². The predicted octanol–water partition coefficient (Wildman–Crippen LogP) is 1.64. The van der Waals surface area contributed by atoms with Crippen LogP contribution in [0.5, 0.6) is 0 Å². The zero-order chi connectivity index (χ0) is 38.3. The van der Waals surface area contributed by atoms with E-state index < -0.39 is 86.8 Å². The first-order valence-corrected chi connectivity index (χ1v) is 19.2. The van der Waals surface area contributed by atoms with E-state index in [1.807, 2.05) is 6.08 Å². The van der Waals surface area contributed by atoms with Gasteiger partial charge in [0.1, 0.15) is 48.8 Å². The van der Waals surface area contributed by atoms with Crippen molar-refractivity contribution in [2.45, 2.75) is 177 Å². The maximum Gasteiger partial charge on any atom is 0.220 e.